The van der Waals surface area contributed by atoms with Crippen molar-refractivity contribution in [3.63, 3.8) is 0 Å². The number of hydrogen-bond donors (Lipinski definition) is 2. The van der Waals surface area contributed by atoms with E-state index in [1.165, 1.54) is 16.4 Å². The van der Waals surface area contributed by atoms with Crippen LogP contribution < -0.4 is 14.8 Å². The van der Waals surface area contributed by atoms with Crippen LogP contribution in [0.2, 0.25) is 0 Å². The number of nitrogens with one attached hydrogen (secondary N) is 1. The largest absolute Gasteiger partial charge is 0.454 e. The molecule has 13 heteroatoms. The van der Waals surface area contributed by atoms with Gasteiger partial charge in [0.2, 0.25) is 16.8 Å². The normalized spacial score (nSPS) is 21.8. The molecular formula is C33H43N3O9S. The van der Waals surface area contributed by atoms with Crippen LogP contribution in [0, 0.1) is 22.7 Å². The van der Waals surface area contributed by atoms with Crippen molar-refractivity contribution in [1.29, 1.82) is 5.26 Å². The summed E-state index contributed by atoms with van der Waals surface area (Å²) >= 11 is 0. The average molecular weight is 658 g/mol. The number of rotatable bonds is 15. The Bertz CT molecular complexity index is 1480. The lowest BCUT2D eigenvalue weighted by Gasteiger charge is -2.35. The number of aliphatic hydroxyl groups excluding tert-OH is 1. The SMILES string of the molecule is CC(C)(CCCCC#N)CN(C[C@@H](O)[C@H](Cc1ccccc1)NC(=O)O[C@H]1CO[C@H]2OCC[C@H]21)S(=O)(=O)c1ccc2c(c1)OCO2. The number of fused-ring (bicyclic) bond motifs is 2. The van der Waals surface area contributed by atoms with E-state index in [1.54, 1.807) is 6.07 Å². The molecule has 12 nitrogen and oxygen atoms in total. The number of alkyl carbamates (subject to hydrolysis) is 1. The molecule has 5 rings (SSSR count). The highest BCUT2D eigenvalue weighted by atomic mass is 32.2. The smallest absolute Gasteiger partial charge is 0.407 e. The number of sulfonamides is 1. The monoisotopic (exact) mass is 657 g/mol. The number of aliphatic hydroxyl groups is 1. The van der Waals surface area contributed by atoms with E-state index < -0.39 is 39.8 Å². The number of carbonyl (C=O) groups is 1. The van der Waals surface area contributed by atoms with E-state index in [0.29, 0.717) is 37.4 Å². The van der Waals surface area contributed by atoms with E-state index >= 15 is 0 Å². The molecule has 2 N–H and O–H groups in total. The van der Waals surface area contributed by atoms with Crippen molar-refractivity contribution in [2.75, 3.05) is 33.1 Å². The number of nitriles is 1. The van der Waals surface area contributed by atoms with Gasteiger partial charge < -0.3 is 34.1 Å². The predicted octanol–water partition coefficient (Wildman–Crippen LogP) is 3.98. The lowest BCUT2D eigenvalue weighted by molar-refractivity contribution is -0.0907. The second-order valence-electron chi connectivity index (χ2n) is 12.8. The summed E-state index contributed by atoms with van der Waals surface area (Å²) < 4.78 is 57.3. The van der Waals surface area contributed by atoms with Crippen LogP contribution in [0.4, 0.5) is 4.79 Å². The molecule has 2 aromatic rings. The summed E-state index contributed by atoms with van der Waals surface area (Å²) in [5.41, 5.74) is 0.366. The Kier molecular flexibility index (Phi) is 11.1. The molecule has 250 valence electrons. The van der Waals surface area contributed by atoms with E-state index in [9.17, 15) is 18.3 Å². The van der Waals surface area contributed by atoms with Gasteiger partial charge in [0.05, 0.1) is 42.2 Å². The van der Waals surface area contributed by atoms with Gasteiger partial charge >= 0.3 is 6.09 Å². The Labute approximate surface area is 270 Å². The second-order valence-corrected chi connectivity index (χ2v) is 14.8. The summed E-state index contributed by atoms with van der Waals surface area (Å²) in [7, 11) is -4.14. The van der Waals surface area contributed by atoms with Gasteiger partial charge in [-0.2, -0.15) is 9.57 Å². The molecule has 2 aromatic carbocycles. The molecule has 0 bridgehead atoms. The Balaban J connectivity index is 1.36. The molecule has 0 spiro atoms. The van der Waals surface area contributed by atoms with Crippen LogP contribution in [0.25, 0.3) is 0 Å². The zero-order chi connectivity index (χ0) is 32.7. The van der Waals surface area contributed by atoms with Crippen LogP contribution in [0.5, 0.6) is 11.5 Å². The molecule has 0 radical (unpaired) electrons. The first kappa shape index (κ1) is 33.9. The van der Waals surface area contributed by atoms with Gasteiger partial charge in [-0.05, 0) is 48.8 Å². The van der Waals surface area contributed by atoms with E-state index in [4.69, 9.17) is 28.9 Å². The van der Waals surface area contributed by atoms with Crippen molar-refractivity contribution in [1.82, 2.24) is 9.62 Å². The lowest BCUT2D eigenvalue weighted by Crippen LogP contribution is -2.52. The van der Waals surface area contributed by atoms with Gasteiger partial charge in [-0.25, -0.2) is 13.2 Å². The molecule has 3 aliphatic rings. The number of amides is 1. The van der Waals surface area contributed by atoms with E-state index in [2.05, 4.69) is 11.4 Å². The van der Waals surface area contributed by atoms with Crippen molar-refractivity contribution in [2.45, 2.75) is 81.8 Å². The topological polar surface area (TPSA) is 157 Å². The fourth-order valence-electron chi connectivity index (χ4n) is 6.16. The lowest BCUT2D eigenvalue weighted by atomic mass is 9.86. The van der Waals surface area contributed by atoms with Crippen molar-refractivity contribution in [3.8, 4) is 17.6 Å². The number of unbranched alkanes of at least 4 members (excludes halogenated alkanes) is 2. The molecule has 2 fully saturated rings. The first-order valence-corrected chi connectivity index (χ1v) is 17.2. The van der Waals surface area contributed by atoms with Crippen LogP contribution in [0.1, 0.15) is 51.5 Å². The summed E-state index contributed by atoms with van der Waals surface area (Å²) in [6, 6.07) is 15.1. The second kappa shape index (κ2) is 15.0. The van der Waals surface area contributed by atoms with Crippen LogP contribution in [0.3, 0.4) is 0 Å². The van der Waals surface area contributed by atoms with Crippen molar-refractivity contribution >= 4 is 16.1 Å². The van der Waals surface area contributed by atoms with Crippen LogP contribution in [-0.4, -0.2) is 81.6 Å². The van der Waals surface area contributed by atoms with Gasteiger partial charge in [0, 0.05) is 25.6 Å². The van der Waals surface area contributed by atoms with Crippen LogP contribution in [0.15, 0.2) is 53.4 Å². The Morgan fingerprint density at radius 3 is 2.72 bits per heavy atom. The minimum absolute atomic E-state index is 0.00132. The van der Waals surface area contributed by atoms with Gasteiger partial charge in [-0.1, -0.05) is 50.6 Å². The summed E-state index contributed by atoms with van der Waals surface area (Å²) in [5.74, 6) is 0.729. The number of ether oxygens (including phenoxy) is 5. The maximum Gasteiger partial charge on any atom is 0.407 e. The minimum atomic E-state index is -4.14. The van der Waals surface area contributed by atoms with E-state index in [1.807, 2.05) is 44.2 Å². The fourth-order valence-corrected chi connectivity index (χ4v) is 7.82. The summed E-state index contributed by atoms with van der Waals surface area (Å²) in [6.45, 7) is 4.50. The van der Waals surface area contributed by atoms with Gasteiger partial charge in [-0.15, -0.1) is 0 Å². The zero-order valence-electron chi connectivity index (χ0n) is 26.3. The van der Waals surface area contributed by atoms with Gasteiger partial charge in [0.25, 0.3) is 0 Å². The Morgan fingerprint density at radius 1 is 1.15 bits per heavy atom. The molecule has 0 saturated carbocycles. The van der Waals surface area contributed by atoms with Crippen LogP contribution in [-0.2, 0) is 30.7 Å². The van der Waals surface area contributed by atoms with Crippen LogP contribution >= 0.6 is 0 Å². The van der Waals surface area contributed by atoms with E-state index in [0.717, 1.165) is 18.4 Å². The minimum Gasteiger partial charge on any atom is -0.454 e. The Morgan fingerprint density at radius 2 is 1.93 bits per heavy atom. The molecule has 0 aromatic heterocycles. The first-order chi connectivity index (χ1) is 22.1. The maximum absolute atomic E-state index is 14.2. The maximum atomic E-state index is 14.2. The van der Waals surface area contributed by atoms with Gasteiger partial charge in [-0.3, -0.25) is 0 Å². The van der Waals surface area contributed by atoms with E-state index in [-0.39, 0.29) is 50.0 Å². The predicted molar refractivity (Wildman–Crippen MR) is 166 cm³/mol. The fraction of sp³-hybridized carbons (Fsp3) is 0.576. The molecule has 2 saturated heterocycles. The molecule has 0 unspecified atom stereocenters. The molecule has 3 heterocycles. The Hall–Kier alpha value is -3.41. The molecule has 0 aliphatic carbocycles. The first-order valence-electron chi connectivity index (χ1n) is 15.7. The summed E-state index contributed by atoms with van der Waals surface area (Å²) in [6.07, 6.45) is 0.640. The third-order valence-electron chi connectivity index (χ3n) is 8.68. The molecule has 5 atom stereocenters. The number of hydrogen-bond acceptors (Lipinski definition) is 10. The highest BCUT2D eigenvalue weighted by molar-refractivity contribution is 7.89. The van der Waals surface area contributed by atoms with Crippen molar-refractivity contribution in [2.24, 2.45) is 11.3 Å². The standard InChI is InChI=1S/C33H43N3O9S/c1-33(2,14-7-4-8-15-34)21-36(46(39,40)24-11-12-28-29(18-24)44-22-43-28)19-27(37)26(17-23-9-5-3-6-10-23)35-32(38)45-30-20-42-31-25(30)13-16-41-31/h3,5-6,9-12,18,25-27,30-31,37H,4,7-8,13-14,16-17,19-22H2,1-2H3,(H,35,38)/t25-,26-,27+,30-,31+/m0/s1. The molecule has 1 amide bonds. The van der Waals surface area contributed by atoms with Gasteiger partial charge in [0.15, 0.2) is 17.8 Å². The average Bonchev–Trinajstić information content (AvgIpc) is 3.78. The van der Waals surface area contributed by atoms with Gasteiger partial charge in [0.1, 0.15) is 6.10 Å². The number of benzene rings is 2. The number of carbonyl (C=O) groups excluding carboxylic acids is 1. The quantitative estimate of drug-likeness (QED) is 0.269. The molecular weight excluding hydrogens is 614 g/mol. The van der Waals surface area contributed by atoms with Crippen molar-refractivity contribution in [3.05, 3.63) is 54.1 Å². The third kappa shape index (κ3) is 8.49. The van der Waals surface area contributed by atoms with Crippen molar-refractivity contribution < 1.29 is 42.0 Å². The number of nitrogens with zero attached hydrogens (tertiary/aromatic N) is 2. The molecule has 3 aliphatic heterocycles. The highest BCUT2D eigenvalue weighted by Gasteiger charge is 2.44. The summed E-state index contributed by atoms with van der Waals surface area (Å²) in [5, 5.41) is 23.5. The highest BCUT2D eigenvalue weighted by Crippen LogP contribution is 2.36. The third-order valence-corrected chi connectivity index (χ3v) is 10.5. The zero-order valence-corrected chi connectivity index (χ0v) is 27.1. The summed E-state index contributed by atoms with van der Waals surface area (Å²) in [4.78, 5) is 13.2. The molecule has 46 heavy (non-hydrogen) atoms.